The van der Waals surface area contributed by atoms with Crippen molar-refractivity contribution in [3.63, 3.8) is 0 Å². The van der Waals surface area contributed by atoms with Crippen LogP contribution in [-0.4, -0.2) is 48.4 Å². The number of aliphatic hydroxyl groups excluding tert-OH is 2. The van der Waals surface area contributed by atoms with E-state index in [0.29, 0.717) is 13.2 Å². The van der Waals surface area contributed by atoms with E-state index in [1.165, 1.54) is 0 Å². The Hall–Kier alpha value is -0.750. The number of anilines is 1. The van der Waals surface area contributed by atoms with E-state index in [9.17, 15) is 10.2 Å². The van der Waals surface area contributed by atoms with Crippen LogP contribution in [0.5, 0.6) is 0 Å². The Kier molecular flexibility index (Phi) is 4.88. The van der Waals surface area contributed by atoms with Gasteiger partial charge >= 0.3 is 0 Å². The first-order valence-corrected chi connectivity index (χ1v) is 6.76. The second-order valence-electron chi connectivity index (χ2n) is 4.35. The van der Waals surface area contributed by atoms with Gasteiger partial charge < -0.3 is 19.8 Å². The zero-order valence-corrected chi connectivity index (χ0v) is 11.1. The Morgan fingerprint density at radius 3 is 2.56 bits per heavy atom. The average Bonchev–Trinajstić information content (AvgIpc) is 2.46. The molecule has 1 aliphatic rings. The van der Waals surface area contributed by atoms with Crippen molar-refractivity contribution in [1.82, 2.24) is 0 Å². The molecule has 1 saturated heterocycles. The number of rotatable bonds is 4. The number of hydrogen-bond donors (Lipinski definition) is 3. The number of hydrogen-bond acceptors (Lipinski definition) is 5. The van der Waals surface area contributed by atoms with Gasteiger partial charge in [-0.05, 0) is 6.07 Å². The smallest absolute Gasteiger partial charge is 0.108 e. The molecule has 1 aliphatic heterocycles. The van der Waals surface area contributed by atoms with E-state index in [1.807, 2.05) is 24.3 Å². The molecule has 0 aromatic heterocycles. The minimum atomic E-state index is -0.901. The topological polar surface area (TPSA) is 52.9 Å². The van der Waals surface area contributed by atoms with Gasteiger partial charge in [0.1, 0.15) is 6.10 Å². The lowest BCUT2D eigenvalue weighted by Gasteiger charge is -2.32. The third-order valence-corrected chi connectivity index (χ3v) is 3.53. The van der Waals surface area contributed by atoms with E-state index < -0.39 is 12.2 Å². The molecular formula is C13H19NO3S. The molecule has 1 fully saturated rings. The van der Waals surface area contributed by atoms with Gasteiger partial charge in [0.15, 0.2) is 0 Å². The molecule has 2 N–H and O–H groups in total. The summed E-state index contributed by atoms with van der Waals surface area (Å²) in [6, 6.07) is 7.62. The van der Waals surface area contributed by atoms with Crippen LogP contribution in [0.25, 0.3) is 0 Å². The van der Waals surface area contributed by atoms with Crippen molar-refractivity contribution in [2.45, 2.75) is 12.2 Å². The number of nitrogens with zero attached hydrogens (tertiary/aromatic N) is 1. The third-order valence-electron chi connectivity index (χ3n) is 3.16. The second-order valence-corrected chi connectivity index (χ2v) is 4.72. The van der Waals surface area contributed by atoms with Gasteiger partial charge in [-0.3, -0.25) is 0 Å². The molecule has 0 saturated carbocycles. The second kappa shape index (κ2) is 6.43. The molecule has 2 atom stereocenters. The number of morpholine rings is 1. The molecule has 0 spiro atoms. The van der Waals surface area contributed by atoms with E-state index in [1.54, 1.807) is 0 Å². The van der Waals surface area contributed by atoms with E-state index >= 15 is 0 Å². The fourth-order valence-electron chi connectivity index (χ4n) is 2.14. The number of thiol groups is 1. The molecule has 5 heteroatoms. The van der Waals surface area contributed by atoms with Crippen LogP contribution in [0.15, 0.2) is 24.3 Å². The predicted molar refractivity (Wildman–Crippen MR) is 74.3 cm³/mol. The molecule has 4 nitrogen and oxygen atoms in total. The summed E-state index contributed by atoms with van der Waals surface area (Å²) < 4.78 is 5.32. The minimum Gasteiger partial charge on any atom is -0.389 e. The standard InChI is InChI=1S/C13H19NO3S/c15-12(9-18)13(16)10-3-1-2-4-11(10)14-5-7-17-8-6-14/h1-4,12-13,15-16,18H,5-9H2. The van der Waals surface area contributed by atoms with Crippen LogP contribution in [-0.2, 0) is 4.74 Å². The lowest BCUT2D eigenvalue weighted by atomic mass is 10.0. The van der Waals surface area contributed by atoms with Crippen molar-refractivity contribution >= 4 is 18.3 Å². The quantitative estimate of drug-likeness (QED) is 0.709. The minimum absolute atomic E-state index is 0.235. The molecule has 0 radical (unpaired) electrons. The Morgan fingerprint density at radius 1 is 1.22 bits per heavy atom. The first kappa shape index (κ1) is 13.7. The lowest BCUT2D eigenvalue weighted by molar-refractivity contribution is 0.0338. The van der Waals surface area contributed by atoms with E-state index in [-0.39, 0.29) is 5.75 Å². The average molecular weight is 269 g/mol. The first-order valence-electron chi connectivity index (χ1n) is 6.12. The molecule has 0 amide bonds. The van der Waals surface area contributed by atoms with Crippen molar-refractivity contribution in [2.75, 3.05) is 37.0 Å². The summed E-state index contributed by atoms with van der Waals surface area (Å²) in [6.45, 7) is 3.00. The predicted octanol–water partition coefficient (Wildman–Crippen LogP) is 0.847. The number of benzene rings is 1. The van der Waals surface area contributed by atoms with Gasteiger partial charge in [-0.1, -0.05) is 18.2 Å². The SMILES string of the molecule is OC(CS)C(O)c1ccccc1N1CCOCC1. The maximum atomic E-state index is 10.1. The van der Waals surface area contributed by atoms with Gasteiger partial charge in [0, 0.05) is 30.1 Å². The number of ether oxygens (including phenoxy) is 1. The van der Waals surface area contributed by atoms with Gasteiger partial charge in [0.05, 0.1) is 19.3 Å². The van der Waals surface area contributed by atoms with Crippen LogP contribution in [0.3, 0.4) is 0 Å². The van der Waals surface area contributed by atoms with Crippen molar-refractivity contribution in [3.05, 3.63) is 29.8 Å². The zero-order valence-electron chi connectivity index (χ0n) is 10.2. The van der Waals surface area contributed by atoms with Gasteiger partial charge in [0.2, 0.25) is 0 Å². The van der Waals surface area contributed by atoms with E-state index in [2.05, 4.69) is 17.5 Å². The lowest BCUT2D eigenvalue weighted by Crippen LogP contribution is -2.37. The fourth-order valence-corrected chi connectivity index (χ4v) is 2.34. The molecule has 18 heavy (non-hydrogen) atoms. The normalized spacial score (nSPS) is 19.6. The van der Waals surface area contributed by atoms with Gasteiger partial charge in [-0.2, -0.15) is 12.6 Å². The molecule has 1 aromatic carbocycles. The van der Waals surface area contributed by atoms with Crippen LogP contribution in [0.2, 0.25) is 0 Å². The zero-order chi connectivity index (χ0) is 13.0. The van der Waals surface area contributed by atoms with Crippen LogP contribution < -0.4 is 4.90 Å². The van der Waals surface area contributed by atoms with Crippen molar-refractivity contribution in [1.29, 1.82) is 0 Å². The summed E-state index contributed by atoms with van der Waals surface area (Å²) in [4.78, 5) is 2.17. The highest BCUT2D eigenvalue weighted by Gasteiger charge is 2.22. The Morgan fingerprint density at radius 2 is 1.89 bits per heavy atom. The van der Waals surface area contributed by atoms with Crippen LogP contribution in [0, 0.1) is 0 Å². The molecule has 0 bridgehead atoms. The van der Waals surface area contributed by atoms with Crippen LogP contribution in [0.4, 0.5) is 5.69 Å². The maximum Gasteiger partial charge on any atom is 0.108 e. The highest BCUT2D eigenvalue weighted by molar-refractivity contribution is 7.80. The molecule has 2 rings (SSSR count). The number of para-hydroxylation sites is 1. The van der Waals surface area contributed by atoms with Crippen molar-refractivity contribution in [3.8, 4) is 0 Å². The van der Waals surface area contributed by atoms with Crippen molar-refractivity contribution in [2.24, 2.45) is 0 Å². The molecule has 1 aromatic rings. The largest absolute Gasteiger partial charge is 0.389 e. The molecule has 1 heterocycles. The van der Waals surface area contributed by atoms with Crippen LogP contribution >= 0.6 is 12.6 Å². The Balaban J connectivity index is 2.24. The van der Waals surface area contributed by atoms with Crippen LogP contribution in [0.1, 0.15) is 11.7 Å². The van der Waals surface area contributed by atoms with E-state index in [4.69, 9.17) is 4.74 Å². The molecule has 100 valence electrons. The fraction of sp³-hybridized carbons (Fsp3) is 0.538. The Labute approximate surface area is 113 Å². The van der Waals surface area contributed by atoms with Crippen molar-refractivity contribution < 1.29 is 14.9 Å². The van der Waals surface area contributed by atoms with Gasteiger partial charge in [-0.15, -0.1) is 0 Å². The molecule has 2 unspecified atom stereocenters. The highest BCUT2D eigenvalue weighted by atomic mass is 32.1. The summed E-state index contributed by atoms with van der Waals surface area (Å²) in [7, 11) is 0. The van der Waals surface area contributed by atoms with E-state index in [0.717, 1.165) is 24.3 Å². The summed E-state index contributed by atoms with van der Waals surface area (Å²) in [5.41, 5.74) is 1.72. The monoisotopic (exact) mass is 269 g/mol. The summed E-state index contributed by atoms with van der Waals surface area (Å²) in [5, 5.41) is 19.9. The van der Waals surface area contributed by atoms with Gasteiger partial charge in [0.25, 0.3) is 0 Å². The Bertz CT molecular complexity index is 361. The number of aliphatic hydroxyl groups is 2. The first-order chi connectivity index (χ1) is 8.74. The highest BCUT2D eigenvalue weighted by Crippen LogP contribution is 2.29. The molecule has 0 aliphatic carbocycles. The molecular weight excluding hydrogens is 250 g/mol. The third kappa shape index (κ3) is 2.98. The summed E-state index contributed by atoms with van der Waals surface area (Å²) in [6.07, 6.45) is -1.75. The van der Waals surface area contributed by atoms with Gasteiger partial charge in [-0.25, -0.2) is 0 Å². The maximum absolute atomic E-state index is 10.1. The summed E-state index contributed by atoms with van der Waals surface area (Å²) >= 11 is 4.02. The summed E-state index contributed by atoms with van der Waals surface area (Å²) in [5.74, 6) is 0.235.